The topological polar surface area (TPSA) is 87.8 Å². The van der Waals surface area contributed by atoms with Crippen molar-refractivity contribution in [3.05, 3.63) is 50.6 Å². The Morgan fingerprint density at radius 2 is 2.13 bits per heavy atom. The number of hydrogen-bond donors (Lipinski definition) is 1. The highest BCUT2D eigenvalue weighted by molar-refractivity contribution is 7.99. The van der Waals surface area contributed by atoms with Crippen molar-refractivity contribution in [1.82, 2.24) is 9.55 Å². The first-order chi connectivity index (χ1) is 14.6. The molecule has 0 saturated heterocycles. The number of carbonyl (C=O) groups excluding carboxylic acids is 1. The minimum Gasteiger partial charge on any atom is -0.325 e. The molecule has 2 heterocycles. The second kappa shape index (κ2) is 9.02. The molecule has 1 aromatic carbocycles. The lowest BCUT2D eigenvalue weighted by atomic mass is 10.1. The van der Waals surface area contributed by atoms with Crippen LogP contribution in [0, 0.1) is 11.3 Å². The highest BCUT2D eigenvalue weighted by Crippen LogP contribution is 2.35. The number of anilines is 1. The number of nitrogens with zero attached hydrogens (tertiary/aromatic N) is 3. The van der Waals surface area contributed by atoms with Gasteiger partial charge in [0.15, 0.2) is 5.16 Å². The Morgan fingerprint density at radius 1 is 1.33 bits per heavy atom. The highest BCUT2D eigenvalue weighted by Gasteiger charge is 2.23. The van der Waals surface area contributed by atoms with E-state index in [1.807, 2.05) is 19.1 Å². The number of carbonyl (C=O) groups is 1. The van der Waals surface area contributed by atoms with E-state index in [0.29, 0.717) is 23.8 Å². The van der Waals surface area contributed by atoms with Crippen LogP contribution in [0.2, 0.25) is 0 Å². The summed E-state index contributed by atoms with van der Waals surface area (Å²) in [4.78, 5) is 32.5. The van der Waals surface area contributed by atoms with Crippen LogP contribution in [0.3, 0.4) is 0 Å². The third kappa shape index (κ3) is 4.13. The predicted octanol–water partition coefficient (Wildman–Crippen LogP) is 4.15. The third-order valence-corrected chi connectivity index (χ3v) is 7.25. The number of nitriles is 1. The number of nitrogens with one attached hydrogen (secondary N) is 1. The normalized spacial score (nSPS) is 12.7. The summed E-state index contributed by atoms with van der Waals surface area (Å²) in [5.41, 5.74) is 2.81. The highest BCUT2D eigenvalue weighted by atomic mass is 32.2. The molecule has 1 aliphatic carbocycles. The van der Waals surface area contributed by atoms with Gasteiger partial charge in [0.1, 0.15) is 4.83 Å². The standard InChI is InChI=1S/C22H22N4O2S2/c1-2-12-26-21(28)19-16-4-3-5-17(16)30-20(19)25-22(26)29-13-18(27)24-15-8-6-14(7-9-15)10-11-23/h6-9H,2-5,10,12-13H2,1H3,(H,24,27). The van der Waals surface area contributed by atoms with Crippen molar-refractivity contribution >= 4 is 44.9 Å². The van der Waals surface area contributed by atoms with Gasteiger partial charge in [-0.2, -0.15) is 5.26 Å². The molecule has 30 heavy (non-hydrogen) atoms. The smallest absolute Gasteiger partial charge is 0.263 e. The van der Waals surface area contributed by atoms with Crippen LogP contribution in [0.4, 0.5) is 5.69 Å². The van der Waals surface area contributed by atoms with Crippen molar-refractivity contribution in [1.29, 1.82) is 5.26 Å². The van der Waals surface area contributed by atoms with E-state index in [2.05, 4.69) is 11.4 Å². The fourth-order valence-electron chi connectivity index (χ4n) is 3.71. The number of thiophene rings is 1. The summed E-state index contributed by atoms with van der Waals surface area (Å²) in [6.45, 7) is 2.63. The van der Waals surface area contributed by atoms with Crippen molar-refractivity contribution in [2.45, 2.75) is 50.7 Å². The van der Waals surface area contributed by atoms with Gasteiger partial charge in [0.2, 0.25) is 5.91 Å². The summed E-state index contributed by atoms with van der Waals surface area (Å²) in [5.74, 6) is 0.0197. The quantitative estimate of drug-likeness (QED) is 0.442. The molecule has 6 nitrogen and oxygen atoms in total. The second-order valence-electron chi connectivity index (χ2n) is 7.26. The van der Waals surface area contributed by atoms with Crippen molar-refractivity contribution < 1.29 is 4.79 Å². The van der Waals surface area contributed by atoms with Crippen LogP contribution < -0.4 is 10.9 Å². The molecule has 0 saturated carbocycles. The molecule has 0 fully saturated rings. The van der Waals surface area contributed by atoms with Crippen LogP contribution in [0.15, 0.2) is 34.2 Å². The molecule has 8 heteroatoms. The maximum absolute atomic E-state index is 13.2. The van der Waals surface area contributed by atoms with Crippen LogP contribution >= 0.6 is 23.1 Å². The number of thioether (sulfide) groups is 1. The summed E-state index contributed by atoms with van der Waals surface area (Å²) in [6, 6.07) is 9.35. The van der Waals surface area contributed by atoms with Crippen molar-refractivity contribution in [3.8, 4) is 6.07 Å². The fraction of sp³-hybridized carbons (Fsp3) is 0.364. The molecule has 0 aliphatic heterocycles. The van der Waals surface area contributed by atoms with Gasteiger partial charge >= 0.3 is 0 Å². The van der Waals surface area contributed by atoms with E-state index in [-0.39, 0.29) is 17.2 Å². The first-order valence-electron chi connectivity index (χ1n) is 10.0. The van der Waals surface area contributed by atoms with Gasteiger partial charge in [-0.3, -0.25) is 14.2 Å². The number of amides is 1. The number of aromatic nitrogens is 2. The van der Waals surface area contributed by atoms with Crippen LogP contribution in [0.1, 0.15) is 35.8 Å². The summed E-state index contributed by atoms with van der Waals surface area (Å²) < 4.78 is 1.72. The Bertz CT molecular complexity index is 1190. The maximum Gasteiger partial charge on any atom is 0.263 e. The maximum atomic E-state index is 13.2. The zero-order valence-electron chi connectivity index (χ0n) is 16.7. The first-order valence-corrected chi connectivity index (χ1v) is 11.8. The molecule has 2 aromatic heterocycles. The second-order valence-corrected chi connectivity index (χ2v) is 9.28. The van der Waals surface area contributed by atoms with Gasteiger partial charge in [0, 0.05) is 17.1 Å². The lowest BCUT2D eigenvalue weighted by Crippen LogP contribution is -2.24. The van der Waals surface area contributed by atoms with E-state index in [1.165, 1.54) is 22.2 Å². The van der Waals surface area contributed by atoms with Gasteiger partial charge in [-0.15, -0.1) is 11.3 Å². The fourth-order valence-corrected chi connectivity index (χ4v) is 5.84. The Hall–Kier alpha value is -2.63. The molecule has 0 atom stereocenters. The molecule has 3 aromatic rings. The Labute approximate surface area is 182 Å². The molecule has 4 rings (SSSR count). The van der Waals surface area contributed by atoms with Crippen LogP contribution in [-0.2, 0) is 30.6 Å². The average molecular weight is 439 g/mol. The van der Waals surface area contributed by atoms with Gasteiger partial charge in [0.25, 0.3) is 5.56 Å². The molecule has 0 unspecified atom stereocenters. The summed E-state index contributed by atoms with van der Waals surface area (Å²) in [5, 5.41) is 13.0. The summed E-state index contributed by atoms with van der Waals surface area (Å²) in [7, 11) is 0. The van der Waals surface area contributed by atoms with Crippen molar-refractivity contribution in [3.63, 3.8) is 0 Å². The van der Waals surface area contributed by atoms with Crippen LogP contribution in [0.25, 0.3) is 10.2 Å². The third-order valence-electron chi connectivity index (χ3n) is 5.09. The molecule has 1 aliphatic rings. The van der Waals surface area contributed by atoms with Crippen molar-refractivity contribution in [2.75, 3.05) is 11.1 Å². The van der Waals surface area contributed by atoms with Crippen LogP contribution in [-0.4, -0.2) is 21.2 Å². The van der Waals surface area contributed by atoms with Gasteiger partial charge in [-0.05, 0) is 48.9 Å². The van der Waals surface area contributed by atoms with Crippen molar-refractivity contribution in [2.24, 2.45) is 0 Å². The number of fused-ring (bicyclic) bond motifs is 3. The zero-order chi connectivity index (χ0) is 21.1. The lowest BCUT2D eigenvalue weighted by Gasteiger charge is -2.11. The Morgan fingerprint density at radius 3 is 2.87 bits per heavy atom. The number of benzene rings is 1. The molecule has 0 bridgehead atoms. The van der Waals surface area contributed by atoms with E-state index in [0.717, 1.165) is 41.5 Å². The van der Waals surface area contributed by atoms with E-state index >= 15 is 0 Å². The van der Waals surface area contributed by atoms with Crippen LogP contribution in [0.5, 0.6) is 0 Å². The number of aryl methyl sites for hydroxylation is 2. The van der Waals surface area contributed by atoms with Gasteiger partial charge in [-0.25, -0.2) is 4.98 Å². The average Bonchev–Trinajstić information content (AvgIpc) is 3.31. The minimum absolute atomic E-state index is 0.0252. The van der Waals surface area contributed by atoms with Gasteiger partial charge in [-0.1, -0.05) is 30.8 Å². The number of rotatable bonds is 7. The SMILES string of the molecule is CCCn1c(SCC(=O)Nc2ccc(CC#N)cc2)nc2sc3c(c2c1=O)CCC3. The zero-order valence-corrected chi connectivity index (χ0v) is 18.4. The summed E-state index contributed by atoms with van der Waals surface area (Å²) in [6.07, 6.45) is 4.27. The van der Waals surface area contributed by atoms with E-state index in [4.69, 9.17) is 10.2 Å². The molecule has 1 amide bonds. The van der Waals surface area contributed by atoms with Gasteiger partial charge in [0.05, 0.1) is 23.6 Å². The molecule has 1 N–H and O–H groups in total. The largest absolute Gasteiger partial charge is 0.325 e. The first kappa shape index (κ1) is 20.6. The lowest BCUT2D eigenvalue weighted by molar-refractivity contribution is -0.113. The molecule has 154 valence electrons. The van der Waals surface area contributed by atoms with E-state index < -0.39 is 0 Å². The minimum atomic E-state index is -0.154. The monoisotopic (exact) mass is 438 g/mol. The predicted molar refractivity (Wildman–Crippen MR) is 121 cm³/mol. The van der Waals surface area contributed by atoms with E-state index in [9.17, 15) is 9.59 Å². The number of hydrogen-bond acceptors (Lipinski definition) is 6. The Kier molecular flexibility index (Phi) is 6.21. The molecule has 0 radical (unpaired) electrons. The Balaban J connectivity index is 1.51. The molecule has 0 spiro atoms. The summed E-state index contributed by atoms with van der Waals surface area (Å²) >= 11 is 2.92. The molecular formula is C22H22N4O2S2. The molecular weight excluding hydrogens is 416 g/mol. The van der Waals surface area contributed by atoms with Gasteiger partial charge < -0.3 is 5.32 Å². The van der Waals surface area contributed by atoms with E-state index in [1.54, 1.807) is 28.0 Å².